The van der Waals surface area contributed by atoms with Crippen LogP contribution in [0.4, 0.5) is 5.69 Å². The van der Waals surface area contributed by atoms with Crippen molar-refractivity contribution in [2.24, 2.45) is 5.92 Å². The molecule has 0 saturated carbocycles. The molecule has 6 heteroatoms. The molecule has 104 valence electrons. The first-order chi connectivity index (χ1) is 9.56. The number of carbonyl (C=O) groups is 2. The molecule has 0 radical (unpaired) electrons. The minimum absolute atomic E-state index is 0.0308. The maximum Gasteiger partial charge on any atom is 0.229 e. The van der Waals surface area contributed by atoms with E-state index in [1.165, 1.54) is 13.3 Å². The Morgan fingerprint density at radius 3 is 2.85 bits per heavy atom. The Morgan fingerprint density at radius 2 is 2.20 bits per heavy atom. The Morgan fingerprint density at radius 1 is 1.40 bits per heavy atom. The zero-order valence-electron chi connectivity index (χ0n) is 11.4. The minimum atomic E-state index is -0.252. The molecule has 6 nitrogen and oxygen atoms in total. The van der Waals surface area contributed by atoms with Gasteiger partial charge < -0.3 is 5.32 Å². The van der Waals surface area contributed by atoms with Gasteiger partial charge in [0.25, 0.3) is 0 Å². The minimum Gasteiger partial charge on any atom is -0.326 e. The van der Waals surface area contributed by atoms with E-state index in [9.17, 15) is 9.59 Å². The Kier molecular flexibility index (Phi) is 4.24. The highest BCUT2D eigenvalue weighted by atomic mass is 16.2. The molecule has 2 aromatic rings. The quantitative estimate of drug-likeness (QED) is 0.841. The number of rotatable bonds is 5. The van der Waals surface area contributed by atoms with E-state index in [1.807, 2.05) is 6.92 Å². The van der Waals surface area contributed by atoms with E-state index in [0.717, 1.165) is 0 Å². The SMILES string of the molecule is CC(=O)c1cccc(NC(=O)[C@H](C)Cn2cncn2)c1. The normalized spacial score (nSPS) is 11.9. The number of amides is 1. The molecule has 0 saturated heterocycles. The zero-order valence-corrected chi connectivity index (χ0v) is 11.4. The van der Waals surface area contributed by atoms with Crippen molar-refractivity contribution in [2.75, 3.05) is 5.32 Å². The second kappa shape index (κ2) is 6.10. The van der Waals surface area contributed by atoms with Crippen LogP contribution < -0.4 is 5.32 Å². The smallest absolute Gasteiger partial charge is 0.229 e. The number of benzene rings is 1. The zero-order chi connectivity index (χ0) is 14.5. The van der Waals surface area contributed by atoms with Crippen LogP contribution in [0.25, 0.3) is 0 Å². The van der Waals surface area contributed by atoms with Gasteiger partial charge in [-0.25, -0.2) is 4.98 Å². The molecular weight excluding hydrogens is 256 g/mol. The summed E-state index contributed by atoms with van der Waals surface area (Å²) in [7, 11) is 0. The van der Waals surface area contributed by atoms with Crippen LogP contribution in [-0.4, -0.2) is 26.5 Å². The summed E-state index contributed by atoms with van der Waals surface area (Å²) in [4.78, 5) is 27.2. The topological polar surface area (TPSA) is 76.9 Å². The van der Waals surface area contributed by atoms with Crippen LogP contribution in [0.15, 0.2) is 36.9 Å². The van der Waals surface area contributed by atoms with Crippen molar-refractivity contribution < 1.29 is 9.59 Å². The monoisotopic (exact) mass is 272 g/mol. The van der Waals surface area contributed by atoms with E-state index < -0.39 is 0 Å². The van der Waals surface area contributed by atoms with Gasteiger partial charge in [-0.1, -0.05) is 19.1 Å². The molecular formula is C14H16N4O2. The third-order valence-electron chi connectivity index (χ3n) is 2.91. The number of anilines is 1. The van der Waals surface area contributed by atoms with Crippen LogP contribution in [0, 0.1) is 5.92 Å². The van der Waals surface area contributed by atoms with Gasteiger partial charge >= 0.3 is 0 Å². The van der Waals surface area contributed by atoms with Crippen molar-refractivity contribution in [1.82, 2.24) is 14.8 Å². The summed E-state index contributed by atoms with van der Waals surface area (Å²) in [5.74, 6) is -0.407. The number of hydrogen-bond donors (Lipinski definition) is 1. The lowest BCUT2D eigenvalue weighted by Crippen LogP contribution is -2.24. The van der Waals surface area contributed by atoms with Crippen molar-refractivity contribution in [3.8, 4) is 0 Å². The molecule has 0 aliphatic heterocycles. The molecule has 0 unspecified atom stereocenters. The molecule has 0 aliphatic rings. The fourth-order valence-corrected chi connectivity index (χ4v) is 1.77. The van der Waals surface area contributed by atoms with E-state index in [2.05, 4.69) is 15.4 Å². The Bertz CT molecular complexity index is 607. The highest BCUT2D eigenvalue weighted by molar-refractivity contribution is 5.97. The van der Waals surface area contributed by atoms with Gasteiger partial charge in [0.2, 0.25) is 5.91 Å². The van der Waals surface area contributed by atoms with E-state index >= 15 is 0 Å². The first-order valence-corrected chi connectivity index (χ1v) is 6.30. The van der Waals surface area contributed by atoms with Crippen LogP contribution in [-0.2, 0) is 11.3 Å². The Hall–Kier alpha value is -2.50. The van der Waals surface area contributed by atoms with Crippen LogP contribution >= 0.6 is 0 Å². The highest BCUT2D eigenvalue weighted by Crippen LogP contribution is 2.13. The molecule has 1 aromatic heterocycles. The third-order valence-corrected chi connectivity index (χ3v) is 2.91. The third kappa shape index (κ3) is 3.50. The molecule has 1 atom stereocenters. The average Bonchev–Trinajstić information content (AvgIpc) is 2.91. The van der Waals surface area contributed by atoms with Gasteiger partial charge in [-0.15, -0.1) is 0 Å². The molecule has 20 heavy (non-hydrogen) atoms. The summed E-state index contributed by atoms with van der Waals surface area (Å²) in [5, 5.41) is 6.76. The lowest BCUT2D eigenvalue weighted by molar-refractivity contribution is -0.119. The Labute approximate surface area is 116 Å². The first-order valence-electron chi connectivity index (χ1n) is 6.30. The van der Waals surface area contributed by atoms with E-state index in [1.54, 1.807) is 35.3 Å². The summed E-state index contributed by atoms with van der Waals surface area (Å²) in [6.45, 7) is 3.76. The van der Waals surface area contributed by atoms with E-state index in [-0.39, 0.29) is 17.6 Å². The number of hydrogen-bond acceptors (Lipinski definition) is 4. The van der Waals surface area contributed by atoms with Crippen molar-refractivity contribution >= 4 is 17.4 Å². The van der Waals surface area contributed by atoms with Crippen molar-refractivity contribution in [1.29, 1.82) is 0 Å². The molecule has 1 heterocycles. The van der Waals surface area contributed by atoms with Gasteiger partial charge in [-0.05, 0) is 19.1 Å². The van der Waals surface area contributed by atoms with Crippen molar-refractivity contribution in [3.63, 3.8) is 0 Å². The predicted octanol–water partition coefficient (Wildman–Crippen LogP) is 1.76. The second-order valence-corrected chi connectivity index (χ2v) is 4.64. The lowest BCUT2D eigenvalue weighted by Gasteiger charge is -2.12. The molecule has 1 aromatic carbocycles. The maximum atomic E-state index is 12.1. The highest BCUT2D eigenvalue weighted by Gasteiger charge is 2.14. The average molecular weight is 272 g/mol. The van der Waals surface area contributed by atoms with Gasteiger partial charge in [0, 0.05) is 11.3 Å². The fraction of sp³-hybridized carbons (Fsp3) is 0.286. The summed E-state index contributed by atoms with van der Waals surface area (Å²) >= 11 is 0. The largest absolute Gasteiger partial charge is 0.326 e. The first kappa shape index (κ1) is 13.9. The number of nitrogens with one attached hydrogen (secondary N) is 1. The summed E-state index contributed by atoms with van der Waals surface area (Å²) in [6, 6.07) is 6.89. The van der Waals surface area contributed by atoms with Crippen LogP contribution in [0.5, 0.6) is 0 Å². The molecule has 0 bridgehead atoms. The molecule has 0 fully saturated rings. The number of ketones is 1. The molecule has 0 aliphatic carbocycles. The number of Topliss-reactive ketones (excluding diaryl/α,β-unsaturated/α-hetero) is 1. The number of aromatic nitrogens is 3. The lowest BCUT2D eigenvalue weighted by atomic mass is 10.1. The van der Waals surface area contributed by atoms with Gasteiger partial charge in [-0.2, -0.15) is 5.10 Å². The summed E-state index contributed by atoms with van der Waals surface area (Å²) < 4.78 is 1.61. The fourth-order valence-electron chi connectivity index (χ4n) is 1.77. The van der Waals surface area contributed by atoms with Crippen molar-refractivity contribution in [3.05, 3.63) is 42.5 Å². The molecule has 1 amide bonds. The maximum absolute atomic E-state index is 12.1. The van der Waals surface area contributed by atoms with Crippen LogP contribution in [0.3, 0.4) is 0 Å². The van der Waals surface area contributed by atoms with Crippen LogP contribution in [0.2, 0.25) is 0 Å². The standard InChI is InChI=1S/C14H16N4O2/c1-10(7-18-9-15-8-16-18)14(20)17-13-5-3-4-12(6-13)11(2)19/h3-6,8-10H,7H2,1-2H3,(H,17,20)/t10-/m1/s1. The van der Waals surface area contributed by atoms with E-state index in [0.29, 0.717) is 17.8 Å². The van der Waals surface area contributed by atoms with Gasteiger partial charge in [0.1, 0.15) is 12.7 Å². The van der Waals surface area contributed by atoms with Crippen LogP contribution in [0.1, 0.15) is 24.2 Å². The second-order valence-electron chi connectivity index (χ2n) is 4.64. The molecule has 0 spiro atoms. The summed E-state index contributed by atoms with van der Waals surface area (Å²) in [5.41, 5.74) is 1.19. The van der Waals surface area contributed by atoms with Gasteiger partial charge in [0.05, 0.1) is 12.5 Å². The van der Waals surface area contributed by atoms with Crippen molar-refractivity contribution in [2.45, 2.75) is 20.4 Å². The number of nitrogens with zero attached hydrogens (tertiary/aromatic N) is 3. The Balaban J connectivity index is 2.00. The number of carbonyl (C=O) groups excluding carboxylic acids is 2. The molecule has 2 rings (SSSR count). The van der Waals surface area contributed by atoms with Gasteiger partial charge in [0.15, 0.2) is 5.78 Å². The molecule has 1 N–H and O–H groups in total. The predicted molar refractivity (Wildman–Crippen MR) is 74.3 cm³/mol. The van der Waals surface area contributed by atoms with Gasteiger partial charge in [-0.3, -0.25) is 14.3 Å². The summed E-state index contributed by atoms with van der Waals surface area (Å²) in [6.07, 6.45) is 3.00. The van der Waals surface area contributed by atoms with E-state index in [4.69, 9.17) is 0 Å².